The van der Waals surface area contributed by atoms with E-state index < -0.39 is 6.09 Å². The molecule has 2 aromatic heterocycles. The van der Waals surface area contributed by atoms with Crippen molar-refractivity contribution < 1.29 is 14.3 Å². The van der Waals surface area contributed by atoms with Gasteiger partial charge in [0.05, 0.1) is 6.54 Å². The predicted octanol–water partition coefficient (Wildman–Crippen LogP) is 0.595. The van der Waals surface area contributed by atoms with E-state index in [4.69, 9.17) is 4.74 Å². The number of cyclic esters (lactones) is 1. The fraction of sp³-hybridized carbons (Fsp3) is 0.312. The van der Waals surface area contributed by atoms with Crippen molar-refractivity contribution in [3.8, 4) is 0 Å². The molecule has 0 aliphatic carbocycles. The lowest BCUT2D eigenvalue weighted by Gasteiger charge is -2.12. The number of aromatic nitrogens is 3. The Kier molecular flexibility index (Phi) is 5.76. The highest BCUT2D eigenvalue weighted by Crippen LogP contribution is 2.11. The second-order valence-electron chi connectivity index (χ2n) is 5.46. The number of pyridine rings is 1. The van der Waals surface area contributed by atoms with Crippen LogP contribution < -0.4 is 16.0 Å². The third-order valence-corrected chi connectivity index (χ3v) is 3.52. The van der Waals surface area contributed by atoms with E-state index in [2.05, 4.69) is 31.1 Å². The van der Waals surface area contributed by atoms with Gasteiger partial charge in [-0.2, -0.15) is 0 Å². The molecule has 136 valence electrons. The molecule has 0 radical (unpaired) electrons. The van der Waals surface area contributed by atoms with Gasteiger partial charge < -0.3 is 20.7 Å². The molecule has 0 bridgehead atoms. The predicted molar refractivity (Wildman–Crippen MR) is 94.0 cm³/mol. The first kappa shape index (κ1) is 17.4. The molecule has 2 amide bonds. The summed E-state index contributed by atoms with van der Waals surface area (Å²) in [7, 11) is 0. The van der Waals surface area contributed by atoms with Crippen LogP contribution in [0, 0.1) is 0 Å². The van der Waals surface area contributed by atoms with E-state index in [0.29, 0.717) is 43.7 Å². The van der Waals surface area contributed by atoms with Gasteiger partial charge in [-0.25, -0.2) is 9.78 Å². The molecular formula is C16H19N7O3. The average molecular weight is 357 g/mol. The highest BCUT2D eigenvalue weighted by molar-refractivity contribution is 5.82. The summed E-state index contributed by atoms with van der Waals surface area (Å²) in [5, 5.41) is 16.9. The third-order valence-electron chi connectivity index (χ3n) is 3.52. The van der Waals surface area contributed by atoms with Gasteiger partial charge in [0, 0.05) is 19.3 Å². The first-order valence-corrected chi connectivity index (χ1v) is 8.15. The molecule has 10 nitrogen and oxygen atoms in total. The maximum Gasteiger partial charge on any atom is 0.410 e. The molecule has 1 aliphatic rings. The topological polar surface area (TPSA) is 121 Å². The number of hydrogen-bond donors (Lipinski definition) is 3. The molecule has 3 rings (SSSR count). The summed E-state index contributed by atoms with van der Waals surface area (Å²) >= 11 is 0. The zero-order chi connectivity index (χ0) is 18.2. The van der Waals surface area contributed by atoms with Crippen LogP contribution in [0.15, 0.2) is 36.5 Å². The van der Waals surface area contributed by atoms with E-state index in [-0.39, 0.29) is 12.5 Å². The number of anilines is 3. The molecule has 26 heavy (non-hydrogen) atoms. The SMILES string of the molecule is O=C(CN1CCOC1=O)NCCNc1ccc(Nc2ccccn2)nn1. The molecule has 10 heteroatoms. The molecule has 3 heterocycles. The number of rotatable bonds is 8. The fourth-order valence-electron chi connectivity index (χ4n) is 2.25. The number of carbonyl (C=O) groups is 2. The Morgan fingerprint density at radius 2 is 1.96 bits per heavy atom. The van der Waals surface area contributed by atoms with Gasteiger partial charge in [-0.15, -0.1) is 10.2 Å². The Labute approximate surface area is 150 Å². The van der Waals surface area contributed by atoms with Gasteiger partial charge in [-0.05, 0) is 24.3 Å². The Bertz CT molecular complexity index is 739. The van der Waals surface area contributed by atoms with Gasteiger partial charge in [0.15, 0.2) is 5.82 Å². The van der Waals surface area contributed by atoms with Crippen molar-refractivity contribution in [1.29, 1.82) is 0 Å². The van der Waals surface area contributed by atoms with Crippen LogP contribution in [-0.4, -0.2) is 64.9 Å². The summed E-state index contributed by atoms with van der Waals surface area (Å²) in [5.41, 5.74) is 0. The summed E-state index contributed by atoms with van der Waals surface area (Å²) in [6.45, 7) is 1.66. The second-order valence-corrected chi connectivity index (χ2v) is 5.46. The Morgan fingerprint density at radius 3 is 2.65 bits per heavy atom. The van der Waals surface area contributed by atoms with Crippen molar-refractivity contribution in [3.05, 3.63) is 36.5 Å². The summed E-state index contributed by atoms with van der Waals surface area (Å²) in [4.78, 5) is 28.5. The molecule has 0 saturated carbocycles. The zero-order valence-corrected chi connectivity index (χ0v) is 14.0. The molecule has 3 N–H and O–H groups in total. The second kappa shape index (κ2) is 8.60. The van der Waals surface area contributed by atoms with Crippen molar-refractivity contribution in [3.63, 3.8) is 0 Å². The molecule has 0 spiro atoms. The molecule has 0 atom stereocenters. The van der Waals surface area contributed by atoms with E-state index in [1.54, 1.807) is 18.3 Å². The van der Waals surface area contributed by atoms with Gasteiger partial charge in [0.1, 0.15) is 24.8 Å². The molecule has 2 aromatic rings. The summed E-state index contributed by atoms with van der Waals surface area (Å²) < 4.78 is 4.77. The molecule has 1 fully saturated rings. The van der Waals surface area contributed by atoms with Crippen molar-refractivity contribution in [2.24, 2.45) is 0 Å². The Morgan fingerprint density at radius 1 is 1.12 bits per heavy atom. The lowest BCUT2D eigenvalue weighted by molar-refractivity contribution is -0.121. The lowest BCUT2D eigenvalue weighted by atomic mass is 10.4. The van der Waals surface area contributed by atoms with E-state index in [9.17, 15) is 9.59 Å². The van der Waals surface area contributed by atoms with Crippen molar-refractivity contribution in [1.82, 2.24) is 25.4 Å². The van der Waals surface area contributed by atoms with Gasteiger partial charge in [0.25, 0.3) is 0 Å². The van der Waals surface area contributed by atoms with Gasteiger partial charge in [-0.3, -0.25) is 9.69 Å². The Balaban J connectivity index is 1.35. The number of ether oxygens (including phenoxy) is 1. The minimum atomic E-state index is -0.451. The van der Waals surface area contributed by atoms with E-state index >= 15 is 0 Å². The lowest BCUT2D eigenvalue weighted by Crippen LogP contribution is -2.39. The zero-order valence-electron chi connectivity index (χ0n) is 14.0. The molecule has 1 saturated heterocycles. The third kappa shape index (κ3) is 5.03. The van der Waals surface area contributed by atoms with Crippen LogP contribution in [0.1, 0.15) is 0 Å². The van der Waals surface area contributed by atoms with Crippen LogP contribution >= 0.6 is 0 Å². The Hall–Kier alpha value is -3.43. The summed E-state index contributed by atoms with van der Waals surface area (Å²) in [5.74, 6) is 1.63. The van der Waals surface area contributed by atoms with Crippen LogP contribution in [0.5, 0.6) is 0 Å². The first-order chi connectivity index (χ1) is 12.7. The van der Waals surface area contributed by atoms with Crippen LogP contribution in [0.2, 0.25) is 0 Å². The molecule has 0 unspecified atom stereocenters. The minimum Gasteiger partial charge on any atom is -0.448 e. The summed E-state index contributed by atoms with van der Waals surface area (Å²) in [6.07, 6.45) is 1.24. The van der Waals surface area contributed by atoms with Gasteiger partial charge in [0.2, 0.25) is 5.91 Å². The maximum atomic E-state index is 11.7. The normalized spacial score (nSPS) is 13.2. The highest BCUT2D eigenvalue weighted by atomic mass is 16.6. The van der Waals surface area contributed by atoms with Crippen molar-refractivity contribution >= 4 is 29.5 Å². The van der Waals surface area contributed by atoms with Crippen molar-refractivity contribution in [2.45, 2.75) is 0 Å². The van der Waals surface area contributed by atoms with Crippen LogP contribution in [0.3, 0.4) is 0 Å². The van der Waals surface area contributed by atoms with E-state index in [0.717, 1.165) is 0 Å². The van der Waals surface area contributed by atoms with Gasteiger partial charge >= 0.3 is 6.09 Å². The van der Waals surface area contributed by atoms with Gasteiger partial charge in [-0.1, -0.05) is 6.07 Å². The number of hydrogen-bond acceptors (Lipinski definition) is 8. The number of amides is 2. The monoisotopic (exact) mass is 357 g/mol. The average Bonchev–Trinajstić information content (AvgIpc) is 3.06. The number of nitrogens with one attached hydrogen (secondary N) is 3. The fourth-order valence-corrected chi connectivity index (χ4v) is 2.25. The number of carbonyl (C=O) groups excluding carboxylic acids is 2. The van der Waals surface area contributed by atoms with Crippen molar-refractivity contribution in [2.75, 3.05) is 43.4 Å². The standard InChI is InChI=1S/C16H19N7O3/c24-15(11-23-9-10-26-16(23)25)19-8-7-18-13-4-5-14(22-21-13)20-12-3-1-2-6-17-12/h1-6H,7-11H2,(H,18,21)(H,19,24)(H,17,20,22). The van der Waals surface area contributed by atoms with Crippen LogP contribution in [-0.2, 0) is 9.53 Å². The van der Waals surface area contributed by atoms with E-state index in [1.807, 2.05) is 18.2 Å². The smallest absolute Gasteiger partial charge is 0.410 e. The quantitative estimate of drug-likeness (QED) is 0.587. The highest BCUT2D eigenvalue weighted by Gasteiger charge is 2.23. The maximum absolute atomic E-state index is 11.7. The molecular weight excluding hydrogens is 338 g/mol. The minimum absolute atomic E-state index is 0.00647. The van der Waals surface area contributed by atoms with Crippen LogP contribution in [0.4, 0.5) is 22.2 Å². The van der Waals surface area contributed by atoms with Crippen LogP contribution in [0.25, 0.3) is 0 Å². The number of nitrogens with zero attached hydrogens (tertiary/aromatic N) is 4. The van der Waals surface area contributed by atoms with E-state index in [1.165, 1.54) is 4.90 Å². The largest absolute Gasteiger partial charge is 0.448 e. The molecule has 0 aromatic carbocycles. The first-order valence-electron chi connectivity index (χ1n) is 8.15. The summed E-state index contributed by atoms with van der Waals surface area (Å²) in [6, 6.07) is 9.10. The molecule has 1 aliphatic heterocycles.